The summed E-state index contributed by atoms with van der Waals surface area (Å²) in [6, 6.07) is 11.4. The topological polar surface area (TPSA) is 130 Å². The number of halogens is 1. The first kappa shape index (κ1) is 21.5. The molecule has 1 amide bonds. The first-order valence-corrected chi connectivity index (χ1v) is 11.5. The fourth-order valence-electron chi connectivity index (χ4n) is 3.64. The third-order valence-corrected chi connectivity index (χ3v) is 6.57. The van der Waals surface area contributed by atoms with E-state index in [0.29, 0.717) is 33.8 Å². The second-order valence-corrected chi connectivity index (χ2v) is 9.33. The van der Waals surface area contributed by atoms with Gasteiger partial charge in [-0.3, -0.25) is 9.48 Å². The number of ether oxygens (including phenoxy) is 1. The Morgan fingerprint density at radius 1 is 1.29 bits per heavy atom. The summed E-state index contributed by atoms with van der Waals surface area (Å²) in [7, 11) is -4.11. The molecule has 31 heavy (non-hydrogen) atoms. The molecule has 162 valence electrons. The minimum atomic E-state index is -4.11. The zero-order chi connectivity index (χ0) is 22.2. The molecule has 2 aromatic carbocycles. The third kappa shape index (κ3) is 4.49. The van der Waals surface area contributed by atoms with E-state index in [1.165, 1.54) is 6.07 Å². The van der Waals surface area contributed by atoms with Crippen molar-refractivity contribution in [1.82, 2.24) is 9.78 Å². The molecule has 2 atom stereocenters. The van der Waals surface area contributed by atoms with E-state index in [-0.39, 0.29) is 11.0 Å². The lowest BCUT2D eigenvalue weighted by Crippen LogP contribution is -2.31. The molecule has 0 bridgehead atoms. The largest absolute Gasteiger partial charge is 0.376 e. The van der Waals surface area contributed by atoms with Crippen LogP contribution in [0.3, 0.4) is 0 Å². The van der Waals surface area contributed by atoms with E-state index < -0.39 is 21.8 Å². The van der Waals surface area contributed by atoms with Gasteiger partial charge in [-0.15, -0.1) is 0 Å². The van der Waals surface area contributed by atoms with Crippen molar-refractivity contribution < 1.29 is 17.9 Å². The average molecular weight is 461 g/mol. The van der Waals surface area contributed by atoms with Crippen molar-refractivity contribution in [2.75, 3.05) is 6.61 Å². The van der Waals surface area contributed by atoms with E-state index in [1.807, 2.05) is 0 Å². The van der Waals surface area contributed by atoms with Gasteiger partial charge in [0.2, 0.25) is 15.9 Å². The summed E-state index contributed by atoms with van der Waals surface area (Å²) in [6.07, 6.45) is 4.38. The first-order valence-electron chi connectivity index (χ1n) is 9.59. The second-order valence-electron chi connectivity index (χ2n) is 7.39. The molecule has 0 saturated carbocycles. The highest BCUT2D eigenvalue weighted by atomic mass is 35.5. The van der Waals surface area contributed by atoms with Crippen molar-refractivity contribution in [3.63, 3.8) is 0 Å². The number of amides is 1. The second kappa shape index (κ2) is 8.43. The summed E-state index contributed by atoms with van der Waals surface area (Å²) in [6.45, 7) is 1.32. The number of benzene rings is 2. The molecule has 1 aliphatic heterocycles. The maximum Gasteiger partial charge on any atom is 0.238 e. The van der Waals surface area contributed by atoms with Crippen molar-refractivity contribution >= 4 is 27.5 Å². The highest BCUT2D eigenvalue weighted by Crippen LogP contribution is 2.34. The van der Waals surface area contributed by atoms with Gasteiger partial charge in [-0.05, 0) is 29.7 Å². The van der Waals surface area contributed by atoms with Crippen LogP contribution in [0.15, 0.2) is 59.8 Å². The zero-order valence-electron chi connectivity index (χ0n) is 16.4. The van der Waals surface area contributed by atoms with Crippen LogP contribution in [0.25, 0.3) is 11.1 Å². The van der Waals surface area contributed by atoms with Crippen molar-refractivity contribution in [3.05, 3.63) is 71.0 Å². The molecule has 0 radical (unpaired) electrons. The number of rotatable bonds is 7. The highest BCUT2D eigenvalue weighted by molar-refractivity contribution is 7.89. The summed E-state index contributed by atoms with van der Waals surface area (Å²) in [5.74, 6) is -1.59. The van der Waals surface area contributed by atoms with E-state index in [2.05, 4.69) is 5.10 Å². The fraction of sp³-hybridized carbons (Fsp3) is 0.238. The number of sulfonamides is 1. The molecular weight excluding hydrogens is 440 g/mol. The molecular formula is C21H21ClN4O4S. The number of nitrogens with two attached hydrogens (primary N) is 2. The molecule has 0 aliphatic carbocycles. The maximum absolute atomic E-state index is 12.4. The monoisotopic (exact) mass is 460 g/mol. The lowest BCUT2D eigenvalue weighted by Gasteiger charge is -2.25. The molecule has 10 heteroatoms. The Hall–Kier alpha value is -2.72. The van der Waals surface area contributed by atoms with Crippen LogP contribution in [0.4, 0.5) is 0 Å². The Morgan fingerprint density at radius 2 is 2.03 bits per heavy atom. The highest BCUT2D eigenvalue weighted by Gasteiger charge is 2.26. The number of nitrogens with zero attached hydrogens (tertiary/aromatic N) is 2. The Labute approximate surface area is 184 Å². The molecule has 1 aromatic heterocycles. The van der Waals surface area contributed by atoms with E-state index in [1.54, 1.807) is 53.5 Å². The van der Waals surface area contributed by atoms with E-state index >= 15 is 0 Å². The van der Waals surface area contributed by atoms with E-state index in [9.17, 15) is 13.2 Å². The van der Waals surface area contributed by atoms with E-state index in [4.69, 9.17) is 27.2 Å². The predicted molar refractivity (Wildman–Crippen MR) is 116 cm³/mol. The smallest absolute Gasteiger partial charge is 0.238 e. The Balaban J connectivity index is 1.77. The Kier molecular flexibility index (Phi) is 5.85. The van der Waals surface area contributed by atoms with E-state index in [0.717, 1.165) is 13.0 Å². The molecule has 4 N–H and O–H groups in total. The molecule has 1 fully saturated rings. The van der Waals surface area contributed by atoms with Crippen LogP contribution in [0.5, 0.6) is 0 Å². The number of aromatic nitrogens is 2. The van der Waals surface area contributed by atoms with Crippen LogP contribution in [0, 0.1) is 0 Å². The van der Waals surface area contributed by atoms with Crippen molar-refractivity contribution in [2.45, 2.75) is 29.9 Å². The van der Waals surface area contributed by atoms with Crippen LogP contribution in [0.1, 0.15) is 23.5 Å². The number of primary amides is 1. The van der Waals surface area contributed by atoms with Gasteiger partial charge in [-0.1, -0.05) is 41.9 Å². The lowest BCUT2D eigenvalue weighted by molar-refractivity contribution is -0.118. The molecule has 4 rings (SSSR count). The van der Waals surface area contributed by atoms with Crippen LogP contribution < -0.4 is 10.9 Å². The van der Waals surface area contributed by atoms with Crippen LogP contribution >= 0.6 is 11.6 Å². The average Bonchev–Trinajstić information content (AvgIpc) is 3.14. The van der Waals surface area contributed by atoms with Gasteiger partial charge < -0.3 is 10.5 Å². The van der Waals surface area contributed by atoms with Crippen molar-refractivity contribution in [3.8, 4) is 11.1 Å². The number of primary sulfonamides is 1. The van der Waals surface area contributed by atoms with Crippen LogP contribution in [-0.4, -0.2) is 36.8 Å². The van der Waals surface area contributed by atoms with Gasteiger partial charge in [-0.25, -0.2) is 13.6 Å². The van der Waals surface area contributed by atoms with Gasteiger partial charge in [0, 0.05) is 29.0 Å². The van der Waals surface area contributed by atoms with Gasteiger partial charge in [0.25, 0.3) is 0 Å². The van der Waals surface area contributed by atoms with Gasteiger partial charge >= 0.3 is 0 Å². The van der Waals surface area contributed by atoms with Gasteiger partial charge in [-0.2, -0.15) is 5.10 Å². The summed E-state index contributed by atoms with van der Waals surface area (Å²) in [5.41, 5.74) is 7.48. The molecule has 2 unspecified atom stereocenters. The number of hydrogen-bond acceptors (Lipinski definition) is 5. The molecule has 2 heterocycles. The van der Waals surface area contributed by atoms with Crippen molar-refractivity contribution in [1.29, 1.82) is 0 Å². The molecule has 8 nitrogen and oxygen atoms in total. The standard InChI is InChI=1S/C21H21ClN4O4S/c22-18-4-2-1-3-17(18)20(21(23)27)13-5-6-16(19(9-13)31(24,28)29)14-10-25-26(11-14)12-15-7-8-30-15/h1-6,9-11,15,20H,7-8,12H2,(H2,23,27)(H2,24,28,29). The van der Waals surface area contributed by atoms with Crippen LogP contribution in [-0.2, 0) is 26.1 Å². The van der Waals surface area contributed by atoms with Crippen molar-refractivity contribution in [2.24, 2.45) is 10.9 Å². The Morgan fingerprint density at radius 3 is 2.65 bits per heavy atom. The Bertz CT molecular complexity index is 1240. The molecule has 3 aromatic rings. The van der Waals surface area contributed by atoms with Gasteiger partial charge in [0.15, 0.2) is 0 Å². The summed E-state index contributed by atoms with van der Waals surface area (Å²) >= 11 is 6.26. The summed E-state index contributed by atoms with van der Waals surface area (Å²) in [4.78, 5) is 12.1. The maximum atomic E-state index is 12.4. The van der Waals surface area contributed by atoms with Gasteiger partial charge in [0.1, 0.15) is 0 Å². The molecule has 1 aliphatic rings. The number of carbonyl (C=O) groups is 1. The zero-order valence-corrected chi connectivity index (χ0v) is 18.0. The number of hydrogen-bond donors (Lipinski definition) is 2. The van der Waals surface area contributed by atoms with Gasteiger partial charge in [0.05, 0.1) is 29.7 Å². The quantitative estimate of drug-likeness (QED) is 0.558. The number of carbonyl (C=O) groups excluding carboxylic acids is 1. The predicted octanol–water partition coefficient (Wildman–Crippen LogP) is 2.26. The summed E-state index contributed by atoms with van der Waals surface area (Å²) in [5, 5.41) is 10.2. The minimum absolute atomic E-state index is 0.111. The third-order valence-electron chi connectivity index (χ3n) is 5.27. The fourth-order valence-corrected chi connectivity index (χ4v) is 4.68. The lowest BCUT2D eigenvalue weighted by atomic mass is 9.89. The van der Waals surface area contributed by atoms with Crippen LogP contribution in [0.2, 0.25) is 5.02 Å². The summed E-state index contributed by atoms with van der Waals surface area (Å²) < 4.78 is 31.9. The molecule has 0 spiro atoms. The normalized spacial score (nSPS) is 17.2. The first-order chi connectivity index (χ1) is 14.7. The molecule has 1 saturated heterocycles. The SMILES string of the molecule is NC(=O)C(c1ccc(-c2cnn(CC3CCO3)c2)c(S(N)(=O)=O)c1)c1ccccc1Cl. The minimum Gasteiger partial charge on any atom is -0.376 e.